The highest BCUT2D eigenvalue weighted by atomic mass is 16.4. The highest BCUT2D eigenvalue weighted by Crippen LogP contribution is 2.12. The van der Waals surface area contributed by atoms with E-state index in [0.29, 0.717) is 6.54 Å². The number of imidazole rings is 1. The van der Waals surface area contributed by atoms with Crippen molar-refractivity contribution in [1.82, 2.24) is 15.3 Å². The predicted octanol–water partition coefficient (Wildman–Crippen LogP) is 1.56. The van der Waals surface area contributed by atoms with E-state index < -0.39 is 11.5 Å². The van der Waals surface area contributed by atoms with E-state index in [-0.39, 0.29) is 0 Å². The molecule has 18 heavy (non-hydrogen) atoms. The normalized spacial score (nSPS) is 11.9. The Morgan fingerprint density at radius 2 is 2.28 bits per heavy atom. The maximum atomic E-state index is 10.9. The fourth-order valence-electron chi connectivity index (χ4n) is 1.73. The fraction of sp³-hybridized carbons (Fsp3) is 0.385. The van der Waals surface area contributed by atoms with Crippen LogP contribution in [0.25, 0.3) is 11.0 Å². The van der Waals surface area contributed by atoms with Gasteiger partial charge in [0, 0.05) is 6.54 Å². The molecular weight excluding hydrogens is 230 g/mol. The summed E-state index contributed by atoms with van der Waals surface area (Å²) in [6.07, 6.45) is 2.45. The topological polar surface area (TPSA) is 78.0 Å². The van der Waals surface area contributed by atoms with Gasteiger partial charge >= 0.3 is 5.97 Å². The van der Waals surface area contributed by atoms with E-state index in [1.165, 1.54) is 0 Å². The van der Waals surface area contributed by atoms with Crippen LogP contribution in [0.5, 0.6) is 0 Å². The van der Waals surface area contributed by atoms with Crippen LogP contribution in [-0.4, -0.2) is 33.1 Å². The molecule has 0 spiro atoms. The molecule has 0 unspecified atom stereocenters. The molecule has 0 saturated carbocycles. The molecule has 0 fully saturated rings. The van der Waals surface area contributed by atoms with Crippen molar-refractivity contribution >= 4 is 17.0 Å². The minimum Gasteiger partial charge on any atom is -0.480 e. The second-order valence-corrected chi connectivity index (χ2v) is 4.86. The molecule has 96 valence electrons. The van der Waals surface area contributed by atoms with Gasteiger partial charge in [-0.2, -0.15) is 0 Å². The van der Waals surface area contributed by atoms with Crippen LogP contribution in [0.4, 0.5) is 0 Å². The molecule has 0 atom stereocenters. The Bertz CT molecular complexity index is 560. The lowest BCUT2D eigenvalue weighted by Crippen LogP contribution is -2.47. The highest BCUT2D eigenvalue weighted by Gasteiger charge is 2.25. The van der Waals surface area contributed by atoms with Crippen LogP contribution in [0.1, 0.15) is 19.4 Å². The number of rotatable bonds is 5. The van der Waals surface area contributed by atoms with Crippen molar-refractivity contribution in [3.63, 3.8) is 0 Å². The molecule has 0 radical (unpaired) electrons. The molecule has 0 saturated heterocycles. The van der Waals surface area contributed by atoms with Crippen LogP contribution < -0.4 is 5.32 Å². The van der Waals surface area contributed by atoms with E-state index in [1.807, 2.05) is 18.2 Å². The standard InChI is InChI=1S/C13H17N3O2/c1-13(2,12(17)18)16-6-5-9-3-4-10-11(7-9)15-8-14-10/h3-4,7-8,16H,5-6H2,1-2H3,(H,14,15)(H,17,18). The number of carboxylic acid groups (broad SMARTS) is 1. The summed E-state index contributed by atoms with van der Waals surface area (Å²) >= 11 is 0. The molecular formula is C13H17N3O2. The average Bonchev–Trinajstić information content (AvgIpc) is 2.75. The Hall–Kier alpha value is -1.88. The molecule has 5 nitrogen and oxygen atoms in total. The van der Waals surface area contributed by atoms with Crippen molar-refractivity contribution in [3.05, 3.63) is 30.1 Å². The fourth-order valence-corrected chi connectivity index (χ4v) is 1.73. The summed E-state index contributed by atoms with van der Waals surface area (Å²) in [5.41, 5.74) is 2.21. The molecule has 0 aliphatic carbocycles. The quantitative estimate of drug-likeness (QED) is 0.749. The van der Waals surface area contributed by atoms with E-state index in [2.05, 4.69) is 15.3 Å². The minimum atomic E-state index is -0.891. The van der Waals surface area contributed by atoms with E-state index in [0.717, 1.165) is 23.0 Å². The lowest BCUT2D eigenvalue weighted by atomic mass is 10.1. The van der Waals surface area contributed by atoms with Gasteiger partial charge in [-0.1, -0.05) is 6.07 Å². The molecule has 0 aliphatic heterocycles. The van der Waals surface area contributed by atoms with Gasteiger partial charge in [0.15, 0.2) is 0 Å². The zero-order chi connectivity index (χ0) is 13.2. The van der Waals surface area contributed by atoms with Crippen LogP contribution in [0, 0.1) is 0 Å². The average molecular weight is 247 g/mol. The number of carbonyl (C=O) groups is 1. The summed E-state index contributed by atoms with van der Waals surface area (Å²) in [6, 6.07) is 6.01. The van der Waals surface area contributed by atoms with Gasteiger partial charge in [-0.3, -0.25) is 4.79 Å². The maximum Gasteiger partial charge on any atom is 0.323 e. The number of nitrogens with one attached hydrogen (secondary N) is 2. The summed E-state index contributed by atoms with van der Waals surface area (Å²) in [7, 11) is 0. The van der Waals surface area contributed by atoms with Crippen molar-refractivity contribution in [1.29, 1.82) is 0 Å². The number of hydrogen-bond acceptors (Lipinski definition) is 3. The second-order valence-electron chi connectivity index (χ2n) is 4.86. The number of H-pyrrole nitrogens is 1. The molecule has 0 bridgehead atoms. The van der Waals surface area contributed by atoms with E-state index in [1.54, 1.807) is 20.2 Å². The van der Waals surface area contributed by atoms with Gasteiger partial charge in [-0.15, -0.1) is 0 Å². The molecule has 3 N–H and O–H groups in total. The maximum absolute atomic E-state index is 10.9. The van der Waals surface area contributed by atoms with Gasteiger partial charge in [-0.05, 0) is 38.0 Å². The SMILES string of the molecule is CC(C)(NCCc1ccc2nc[nH]c2c1)C(=O)O. The number of fused-ring (bicyclic) bond motifs is 1. The third-order valence-corrected chi connectivity index (χ3v) is 3.00. The first-order valence-corrected chi connectivity index (χ1v) is 5.89. The molecule has 2 aromatic rings. The predicted molar refractivity (Wildman–Crippen MR) is 69.5 cm³/mol. The monoisotopic (exact) mass is 247 g/mol. The van der Waals surface area contributed by atoms with Gasteiger partial charge in [0.25, 0.3) is 0 Å². The molecule has 1 aromatic heterocycles. The minimum absolute atomic E-state index is 0.624. The van der Waals surface area contributed by atoms with Gasteiger partial charge < -0.3 is 15.4 Å². The number of hydrogen-bond donors (Lipinski definition) is 3. The molecule has 5 heteroatoms. The first kappa shape index (κ1) is 12.6. The van der Waals surface area contributed by atoms with Crippen LogP contribution >= 0.6 is 0 Å². The smallest absolute Gasteiger partial charge is 0.323 e. The van der Waals surface area contributed by atoms with Gasteiger partial charge in [0.1, 0.15) is 5.54 Å². The van der Waals surface area contributed by atoms with Crippen molar-refractivity contribution in [2.24, 2.45) is 0 Å². The Balaban J connectivity index is 1.96. The molecule has 1 heterocycles. The number of aromatic amines is 1. The Kier molecular flexibility index (Phi) is 3.34. The first-order valence-electron chi connectivity index (χ1n) is 5.89. The van der Waals surface area contributed by atoms with E-state index in [4.69, 9.17) is 5.11 Å². The van der Waals surface area contributed by atoms with E-state index in [9.17, 15) is 4.79 Å². The number of aromatic nitrogens is 2. The molecule has 0 aliphatic rings. The Morgan fingerprint density at radius 1 is 1.50 bits per heavy atom. The largest absolute Gasteiger partial charge is 0.480 e. The molecule has 0 amide bonds. The summed E-state index contributed by atoms with van der Waals surface area (Å²) < 4.78 is 0. The summed E-state index contributed by atoms with van der Waals surface area (Å²) in [6.45, 7) is 3.94. The lowest BCUT2D eigenvalue weighted by molar-refractivity contribution is -0.143. The van der Waals surface area contributed by atoms with Crippen molar-refractivity contribution in [2.75, 3.05) is 6.54 Å². The third-order valence-electron chi connectivity index (χ3n) is 3.00. The summed E-state index contributed by atoms with van der Waals surface area (Å²) in [5, 5.41) is 12.0. The number of nitrogens with zero attached hydrogens (tertiary/aromatic N) is 1. The van der Waals surface area contributed by atoms with Crippen LogP contribution in [0.2, 0.25) is 0 Å². The van der Waals surface area contributed by atoms with Gasteiger partial charge in [0.05, 0.1) is 17.4 Å². The summed E-state index contributed by atoms with van der Waals surface area (Å²) in [4.78, 5) is 18.1. The van der Waals surface area contributed by atoms with Crippen LogP contribution in [0.15, 0.2) is 24.5 Å². The number of benzene rings is 1. The van der Waals surface area contributed by atoms with E-state index >= 15 is 0 Å². The Labute approximate surface area is 105 Å². The van der Waals surface area contributed by atoms with Crippen molar-refractivity contribution in [2.45, 2.75) is 25.8 Å². The Morgan fingerprint density at radius 3 is 3.00 bits per heavy atom. The third kappa shape index (κ3) is 2.68. The summed E-state index contributed by atoms with van der Waals surface area (Å²) in [5.74, 6) is -0.841. The number of aliphatic carboxylic acids is 1. The van der Waals surface area contributed by atoms with Crippen LogP contribution in [-0.2, 0) is 11.2 Å². The van der Waals surface area contributed by atoms with Crippen molar-refractivity contribution in [3.8, 4) is 0 Å². The van der Waals surface area contributed by atoms with Crippen molar-refractivity contribution < 1.29 is 9.90 Å². The number of carboxylic acids is 1. The highest BCUT2D eigenvalue weighted by molar-refractivity contribution is 5.77. The second kappa shape index (κ2) is 4.78. The first-order chi connectivity index (χ1) is 8.49. The zero-order valence-electron chi connectivity index (χ0n) is 10.5. The van der Waals surface area contributed by atoms with Gasteiger partial charge in [-0.25, -0.2) is 4.98 Å². The molecule has 1 aromatic carbocycles. The zero-order valence-corrected chi connectivity index (χ0v) is 10.5. The van der Waals surface area contributed by atoms with Crippen LogP contribution in [0.3, 0.4) is 0 Å². The molecule has 2 rings (SSSR count). The van der Waals surface area contributed by atoms with Gasteiger partial charge in [0.2, 0.25) is 0 Å². The lowest BCUT2D eigenvalue weighted by Gasteiger charge is -2.20.